The molecule has 0 aliphatic carbocycles. The molecule has 2 rings (SSSR count). The second kappa shape index (κ2) is 5.48. The van der Waals surface area contributed by atoms with Crippen molar-refractivity contribution in [2.75, 3.05) is 13.2 Å². The molecule has 4 heteroatoms. The molecule has 1 aromatic rings. The van der Waals surface area contributed by atoms with Crippen LogP contribution in [0.2, 0.25) is 0 Å². The molecule has 1 aromatic carbocycles. The lowest BCUT2D eigenvalue weighted by Crippen LogP contribution is -2.21. The van der Waals surface area contributed by atoms with E-state index < -0.39 is 0 Å². The highest BCUT2D eigenvalue weighted by Crippen LogP contribution is 2.35. The Bertz CT molecular complexity index is 366. The monoisotopic (exact) mass is 306 g/mol. The number of alkyl halides is 1. The second-order valence-electron chi connectivity index (χ2n) is 4.05. The van der Waals surface area contributed by atoms with Gasteiger partial charge in [0, 0.05) is 12.5 Å². The molecule has 2 atom stereocenters. The van der Waals surface area contributed by atoms with Crippen LogP contribution in [0.4, 0.5) is 4.39 Å². The Kier molecular flexibility index (Phi) is 4.22. The molecule has 0 spiro atoms. The van der Waals surface area contributed by atoms with Crippen LogP contribution in [0.5, 0.6) is 0 Å². The van der Waals surface area contributed by atoms with E-state index in [9.17, 15) is 4.39 Å². The van der Waals surface area contributed by atoms with Crippen LogP contribution in [0.3, 0.4) is 0 Å². The van der Waals surface area contributed by atoms with Crippen molar-refractivity contribution in [1.82, 2.24) is 0 Å². The number of rotatable bonds is 2. The summed E-state index contributed by atoms with van der Waals surface area (Å²) in [4.78, 5) is 0. The SMILES string of the molecule is Fc1ccc(C(Cl)C2CCCOC2)cc1Br. The zero-order valence-electron chi connectivity index (χ0n) is 8.76. The van der Waals surface area contributed by atoms with Gasteiger partial charge in [0.05, 0.1) is 16.5 Å². The fourth-order valence-electron chi connectivity index (χ4n) is 1.95. The quantitative estimate of drug-likeness (QED) is 0.740. The third kappa shape index (κ3) is 2.76. The molecule has 0 aromatic heterocycles. The van der Waals surface area contributed by atoms with Gasteiger partial charge >= 0.3 is 0 Å². The first-order valence-electron chi connectivity index (χ1n) is 5.35. The highest BCUT2D eigenvalue weighted by atomic mass is 79.9. The number of ether oxygens (including phenoxy) is 1. The van der Waals surface area contributed by atoms with Crippen molar-refractivity contribution in [3.05, 3.63) is 34.1 Å². The Labute approximate surface area is 108 Å². The maximum absolute atomic E-state index is 13.1. The summed E-state index contributed by atoms with van der Waals surface area (Å²) >= 11 is 9.56. The zero-order chi connectivity index (χ0) is 11.5. The molecule has 1 aliphatic heterocycles. The molecule has 1 aliphatic rings. The van der Waals surface area contributed by atoms with Crippen molar-refractivity contribution in [2.24, 2.45) is 5.92 Å². The van der Waals surface area contributed by atoms with E-state index in [-0.39, 0.29) is 11.2 Å². The maximum Gasteiger partial charge on any atom is 0.137 e. The van der Waals surface area contributed by atoms with E-state index in [1.807, 2.05) is 0 Å². The van der Waals surface area contributed by atoms with Gasteiger partial charge in [0.25, 0.3) is 0 Å². The highest BCUT2D eigenvalue weighted by Gasteiger charge is 2.24. The van der Waals surface area contributed by atoms with E-state index in [4.69, 9.17) is 16.3 Å². The molecule has 2 unspecified atom stereocenters. The lowest BCUT2D eigenvalue weighted by Gasteiger charge is -2.26. The van der Waals surface area contributed by atoms with E-state index >= 15 is 0 Å². The Morgan fingerprint density at radius 2 is 2.31 bits per heavy atom. The van der Waals surface area contributed by atoms with Crippen molar-refractivity contribution in [2.45, 2.75) is 18.2 Å². The molecule has 1 heterocycles. The Morgan fingerprint density at radius 1 is 1.50 bits per heavy atom. The summed E-state index contributed by atoms with van der Waals surface area (Å²) in [6.45, 7) is 1.52. The van der Waals surface area contributed by atoms with Crippen molar-refractivity contribution >= 4 is 27.5 Å². The minimum atomic E-state index is -0.257. The maximum atomic E-state index is 13.1. The molecule has 1 nitrogen and oxygen atoms in total. The Balaban J connectivity index is 2.12. The predicted molar refractivity (Wildman–Crippen MR) is 66.2 cm³/mol. The summed E-state index contributed by atoms with van der Waals surface area (Å²) in [5.41, 5.74) is 0.949. The third-order valence-electron chi connectivity index (χ3n) is 2.87. The van der Waals surface area contributed by atoms with Gasteiger partial charge in [-0.3, -0.25) is 0 Å². The molecule has 16 heavy (non-hydrogen) atoms. The highest BCUT2D eigenvalue weighted by molar-refractivity contribution is 9.10. The van der Waals surface area contributed by atoms with Gasteiger partial charge in [-0.05, 0) is 46.5 Å². The van der Waals surface area contributed by atoms with Crippen LogP contribution >= 0.6 is 27.5 Å². The van der Waals surface area contributed by atoms with Gasteiger partial charge in [0.15, 0.2) is 0 Å². The van der Waals surface area contributed by atoms with Gasteiger partial charge in [0.2, 0.25) is 0 Å². The average Bonchev–Trinajstić information content (AvgIpc) is 2.33. The van der Waals surface area contributed by atoms with Crippen molar-refractivity contribution in [1.29, 1.82) is 0 Å². The molecule has 0 N–H and O–H groups in total. The van der Waals surface area contributed by atoms with Gasteiger partial charge < -0.3 is 4.74 Å². The van der Waals surface area contributed by atoms with E-state index in [2.05, 4.69) is 15.9 Å². The van der Waals surface area contributed by atoms with Crippen LogP contribution in [0.15, 0.2) is 22.7 Å². The Morgan fingerprint density at radius 3 is 2.94 bits per heavy atom. The summed E-state index contributed by atoms with van der Waals surface area (Å²) in [5, 5.41) is -0.0998. The molecule has 1 saturated heterocycles. The summed E-state index contributed by atoms with van der Waals surface area (Å²) in [6, 6.07) is 4.94. The summed E-state index contributed by atoms with van der Waals surface area (Å²) < 4.78 is 19.0. The first kappa shape index (κ1) is 12.3. The minimum Gasteiger partial charge on any atom is -0.381 e. The minimum absolute atomic E-state index is 0.0998. The van der Waals surface area contributed by atoms with Gasteiger partial charge in [-0.1, -0.05) is 6.07 Å². The van der Waals surface area contributed by atoms with Gasteiger partial charge in [-0.15, -0.1) is 11.6 Å². The number of hydrogen-bond donors (Lipinski definition) is 0. The standard InChI is InChI=1S/C12H13BrClFO/c13-10-6-8(3-4-11(10)15)12(14)9-2-1-5-16-7-9/h3-4,6,9,12H,1-2,5,7H2. The molecular formula is C12H13BrClFO. The van der Waals surface area contributed by atoms with Crippen LogP contribution in [0.25, 0.3) is 0 Å². The predicted octanol–water partition coefficient (Wildman–Crippen LogP) is 4.29. The first-order chi connectivity index (χ1) is 7.68. The normalized spacial score (nSPS) is 23.1. The largest absolute Gasteiger partial charge is 0.381 e. The molecule has 88 valence electrons. The number of hydrogen-bond acceptors (Lipinski definition) is 1. The topological polar surface area (TPSA) is 9.23 Å². The van der Waals surface area contributed by atoms with Crippen LogP contribution in [-0.4, -0.2) is 13.2 Å². The molecule has 0 bridgehead atoms. The summed E-state index contributed by atoms with van der Waals surface area (Å²) in [7, 11) is 0. The van der Waals surface area contributed by atoms with Crippen LogP contribution < -0.4 is 0 Å². The molecular weight excluding hydrogens is 294 g/mol. The lowest BCUT2D eigenvalue weighted by atomic mass is 9.93. The fraction of sp³-hybridized carbons (Fsp3) is 0.500. The molecule has 0 radical (unpaired) electrons. The van der Waals surface area contributed by atoms with Gasteiger partial charge in [-0.2, -0.15) is 0 Å². The van der Waals surface area contributed by atoms with Gasteiger partial charge in [-0.25, -0.2) is 4.39 Å². The van der Waals surface area contributed by atoms with Crippen LogP contribution in [0, 0.1) is 11.7 Å². The fourth-order valence-corrected chi connectivity index (χ4v) is 2.68. The first-order valence-corrected chi connectivity index (χ1v) is 6.58. The van der Waals surface area contributed by atoms with E-state index in [1.54, 1.807) is 12.1 Å². The van der Waals surface area contributed by atoms with Crippen LogP contribution in [0.1, 0.15) is 23.8 Å². The van der Waals surface area contributed by atoms with Crippen LogP contribution in [-0.2, 0) is 4.74 Å². The molecule has 1 fully saturated rings. The summed E-state index contributed by atoms with van der Waals surface area (Å²) in [5.74, 6) is 0.0697. The van der Waals surface area contributed by atoms with Crippen molar-refractivity contribution < 1.29 is 9.13 Å². The number of benzene rings is 1. The Hall–Kier alpha value is -0.120. The lowest BCUT2D eigenvalue weighted by molar-refractivity contribution is 0.0531. The smallest absolute Gasteiger partial charge is 0.137 e. The van der Waals surface area contributed by atoms with E-state index in [1.165, 1.54) is 6.07 Å². The number of halogens is 3. The molecule has 0 amide bonds. The zero-order valence-corrected chi connectivity index (χ0v) is 11.1. The van der Waals surface area contributed by atoms with Crippen molar-refractivity contribution in [3.8, 4) is 0 Å². The van der Waals surface area contributed by atoms with Gasteiger partial charge in [0.1, 0.15) is 5.82 Å². The van der Waals surface area contributed by atoms with E-state index in [0.29, 0.717) is 17.0 Å². The second-order valence-corrected chi connectivity index (χ2v) is 5.38. The van der Waals surface area contributed by atoms with Crippen molar-refractivity contribution in [3.63, 3.8) is 0 Å². The summed E-state index contributed by atoms with van der Waals surface area (Å²) in [6.07, 6.45) is 2.12. The van der Waals surface area contributed by atoms with E-state index in [0.717, 1.165) is 25.0 Å². The average molecular weight is 308 g/mol. The third-order valence-corrected chi connectivity index (χ3v) is 4.09. The molecule has 0 saturated carbocycles.